The minimum absolute atomic E-state index is 0.259. The van der Waals surface area contributed by atoms with Crippen LogP contribution in [-0.2, 0) is 11.3 Å². The molecule has 0 aliphatic heterocycles. The Hall–Kier alpha value is -1.39. The zero-order chi connectivity index (χ0) is 13.4. The van der Waals surface area contributed by atoms with Crippen LogP contribution >= 0.6 is 0 Å². The number of esters is 1. The van der Waals surface area contributed by atoms with Crippen LogP contribution in [0.25, 0.3) is 0 Å². The number of rotatable bonds is 7. The predicted molar refractivity (Wildman–Crippen MR) is 72.3 cm³/mol. The lowest BCUT2D eigenvalue weighted by Gasteiger charge is -2.08. The van der Waals surface area contributed by atoms with Gasteiger partial charge in [0.25, 0.3) is 0 Å². The van der Waals surface area contributed by atoms with Crippen LogP contribution in [-0.4, -0.2) is 25.7 Å². The van der Waals surface area contributed by atoms with Crippen molar-refractivity contribution < 1.29 is 9.53 Å². The lowest BCUT2D eigenvalue weighted by molar-refractivity contribution is 0.0459. The van der Waals surface area contributed by atoms with E-state index in [0.717, 1.165) is 18.7 Å². The Morgan fingerprint density at radius 1 is 1.33 bits per heavy atom. The van der Waals surface area contributed by atoms with Crippen LogP contribution in [0.2, 0.25) is 0 Å². The van der Waals surface area contributed by atoms with Crippen molar-refractivity contribution in [1.29, 1.82) is 0 Å². The van der Waals surface area contributed by atoms with E-state index < -0.39 is 0 Å². The van der Waals surface area contributed by atoms with Crippen LogP contribution in [0.15, 0.2) is 24.3 Å². The monoisotopic (exact) mass is 250 g/mol. The van der Waals surface area contributed by atoms with Gasteiger partial charge in [-0.15, -0.1) is 0 Å². The highest BCUT2D eigenvalue weighted by atomic mass is 16.5. The molecule has 0 spiro atoms. The maximum Gasteiger partial charge on any atom is 0.338 e. The van der Waals surface area contributed by atoms with Crippen molar-refractivity contribution in [3.8, 4) is 0 Å². The molecule has 0 amide bonds. The molecular weight excluding hydrogens is 228 g/mol. The lowest BCUT2D eigenvalue weighted by atomic mass is 10.1. The summed E-state index contributed by atoms with van der Waals surface area (Å²) in [5.74, 6) is 0.0962. The highest BCUT2D eigenvalue weighted by Crippen LogP contribution is 2.07. The van der Waals surface area contributed by atoms with E-state index in [1.54, 1.807) is 12.1 Å². The van der Waals surface area contributed by atoms with Gasteiger partial charge in [-0.2, -0.15) is 0 Å². The minimum atomic E-state index is -0.259. The van der Waals surface area contributed by atoms with Crippen LogP contribution in [0, 0.1) is 5.92 Å². The molecule has 18 heavy (non-hydrogen) atoms. The first-order chi connectivity index (χ1) is 8.63. The van der Waals surface area contributed by atoms with Crippen molar-refractivity contribution in [2.24, 2.45) is 11.7 Å². The molecule has 3 N–H and O–H groups in total. The molecule has 0 aliphatic rings. The van der Waals surface area contributed by atoms with Crippen molar-refractivity contribution in [2.45, 2.75) is 20.4 Å². The van der Waals surface area contributed by atoms with Crippen LogP contribution in [0.3, 0.4) is 0 Å². The molecular formula is C14H22N2O2. The fourth-order valence-electron chi connectivity index (χ4n) is 1.42. The number of hydrogen-bond acceptors (Lipinski definition) is 4. The summed E-state index contributed by atoms with van der Waals surface area (Å²) in [7, 11) is 0. The van der Waals surface area contributed by atoms with Crippen molar-refractivity contribution >= 4 is 5.97 Å². The normalized spacial score (nSPS) is 10.7. The maximum absolute atomic E-state index is 11.7. The molecule has 4 heteroatoms. The largest absolute Gasteiger partial charge is 0.462 e. The zero-order valence-corrected chi connectivity index (χ0v) is 11.1. The van der Waals surface area contributed by atoms with Crippen LogP contribution in [0.4, 0.5) is 0 Å². The van der Waals surface area contributed by atoms with E-state index >= 15 is 0 Å². The molecule has 1 aromatic carbocycles. The first-order valence-electron chi connectivity index (χ1n) is 6.30. The van der Waals surface area contributed by atoms with Crippen LogP contribution in [0.1, 0.15) is 29.8 Å². The summed E-state index contributed by atoms with van der Waals surface area (Å²) >= 11 is 0. The second-order valence-electron chi connectivity index (χ2n) is 4.65. The summed E-state index contributed by atoms with van der Waals surface area (Å²) in [6.45, 7) is 6.66. The van der Waals surface area contributed by atoms with E-state index in [1.165, 1.54) is 0 Å². The number of carbonyl (C=O) groups excluding carboxylic acids is 1. The maximum atomic E-state index is 11.7. The third-order valence-electron chi connectivity index (χ3n) is 2.39. The minimum Gasteiger partial charge on any atom is -0.462 e. The van der Waals surface area contributed by atoms with Gasteiger partial charge in [-0.1, -0.05) is 26.0 Å². The van der Waals surface area contributed by atoms with Crippen molar-refractivity contribution in [2.75, 3.05) is 19.7 Å². The standard InChI is InChI=1S/C14H22N2O2/c1-11(2)10-18-14(17)13-5-3-12(4-6-13)9-16-8-7-15/h3-6,11,16H,7-10,15H2,1-2H3. The number of nitrogens with two attached hydrogens (primary N) is 1. The lowest BCUT2D eigenvalue weighted by Crippen LogP contribution is -2.21. The number of ether oxygens (including phenoxy) is 1. The molecule has 0 atom stereocenters. The molecule has 1 rings (SSSR count). The molecule has 0 unspecified atom stereocenters. The van der Waals surface area contributed by atoms with Gasteiger partial charge in [0.1, 0.15) is 0 Å². The van der Waals surface area contributed by atoms with Gasteiger partial charge in [0.15, 0.2) is 0 Å². The van der Waals surface area contributed by atoms with Gasteiger partial charge in [0.05, 0.1) is 12.2 Å². The van der Waals surface area contributed by atoms with Crippen LogP contribution < -0.4 is 11.1 Å². The average molecular weight is 250 g/mol. The first-order valence-corrected chi connectivity index (χ1v) is 6.30. The topological polar surface area (TPSA) is 64.3 Å². The van der Waals surface area contributed by atoms with Gasteiger partial charge in [0.2, 0.25) is 0 Å². The van der Waals surface area contributed by atoms with Gasteiger partial charge >= 0.3 is 5.97 Å². The van der Waals surface area contributed by atoms with E-state index in [4.69, 9.17) is 10.5 Å². The second kappa shape index (κ2) is 7.84. The molecule has 0 saturated carbocycles. The average Bonchev–Trinajstić information content (AvgIpc) is 2.37. The Labute approximate surface area is 109 Å². The molecule has 0 radical (unpaired) electrons. The third-order valence-corrected chi connectivity index (χ3v) is 2.39. The van der Waals surface area contributed by atoms with E-state index in [2.05, 4.69) is 5.32 Å². The van der Waals surface area contributed by atoms with Gasteiger partial charge < -0.3 is 15.8 Å². The molecule has 0 aromatic heterocycles. The number of nitrogens with one attached hydrogen (secondary N) is 1. The smallest absolute Gasteiger partial charge is 0.338 e. The Morgan fingerprint density at radius 2 is 2.00 bits per heavy atom. The summed E-state index contributed by atoms with van der Waals surface area (Å²) < 4.78 is 5.16. The summed E-state index contributed by atoms with van der Waals surface area (Å²) in [4.78, 5) is 11.7. The Kier molecular flexibility index (Phi) is 6.39. The first kappa shape index (κ1) is 14.7. The molecule has 0 saturated heterocycles. The Balaban J connectivity index is 2.46. The SMILES string of the molecule is CC(C)COC(=O)c1ccc(CNCCN)cc1. The van der Waals surface area contributed by atoms with E-state index in [0.29, 0.717) is 24.6 Å². The summed E-state index contributed by atoms with van der Waals surface area (Å²) in [5.41, 5.74) is 7.11. The van der Waals surface area contributed by atoms with Crippen LogP contribution in [0.5, 0.6) is 0 Å². The van der Waals surface area contributed by atoms with Crippen molar-refractivity contribution in [3.05, 3.63) is 35.4 Å². The third kappa shape index (κ3) is 5.29. The Bertz CT molecular complexity index is 361. The summed E-state index contributed by atoms with van der Waals surface area (Å²) in [6, 6.07) is 7.44. The zero-order valence-electron chi connectivity index (χ0n) is 11.1. The van der Waals surface area contributed by atoms with Gasteiger partial charge in [-0.3, -0.25) is 0 Å². The van der Waals surface area contributed by atoms with Gasteiger partial charge in [-0.25, -0.2) is 4.79 Å². The number of carbonyl (C=O) groups is 1. The molecule has 0 aliphatic carbocycles. The summed E-state index contributed by atoms with van der Waals surface area (Å²) in [6.07, 6.45) is 0. The highest BCUT2D eigenvalue weighted by molar-refractivity contribution is 5.89. The molecule has 0 bridgehead atoms. The van der Waals surface area contributed by atoms with E-state index in [9.17, 15) is 4.79 Å². The summed E-state index contributed by atoms with van der Waals surface area (Å²) in [5, 5.41) is 3.20. The highest BCUT2D eigenvalue weighted by Gasteiger charge is 2.07. The Morgan fingerprint density at radius 3 is 2.56 bits per heavy atom. The van der Waals surface area contributed by atoms with Gasteiger partial charge in [0, 0.05) is 19.6 Å². The molecule has 0 heterocycles. The number of benzene rings is 1. The second-order valence-corrected chi connectivity index (χ2v) is 4.65. The quantitative estimate of drug-likeness (QED) is 0.569. The molecule has 0 fully saturated rings. The van der Waals surface area contributed by atoms with Crippen molar-refractivity contribution in [1.82, 2.24) is 5.32 Å². The molecule has 4 nitrogen and oxygen atoms in total. The molecule has 1 aromatic rings. The fourth-order valence-corrected chi connectivity index (χ4v) is 1.42. The number of hydrogen-bond donors (Lipinski definition) is 2. The van der Waals surface area contributed by atoms with Crippen molar-refractivity contribution in [3.63, 3.8) is 0 Å². The van der Waals surface area contributed by atoms with E-state index in [-0.39, 0.29) is 5.97 Å². The fraction of sp³-hybridized carbons (Fsp3) is 0.500. The van der Waals surface area contributed by atoms with E-state index in [1.807, 2.05) is 26.0 Å². The van der Waals surface area contributed by atoms with Gasteiger partial charge in [-0.05, 0) is 23.6 Å². The predicted octanol–water partition coefficient (Wildman–Crippen LogP) is 1.55. The molecule has 100 valence electrons.